The number of aliphatic hydroxyl groups excluding tert-OH is 1. The lowest BCUT2D eigenvalue weighted by Gasteiger charge is -2.32. The molecule has 0 bridgehead atoms. The first kappa shape index (κ1) is 23.8. The van der Waals surface area contributed by atoms with Gasteiger partial charge in [-0.25, -0.2) is 4.98 Å². The second kappa shape index (κ2) is 11.2. The van der Waals surface area contributed by atoms with Crippen molar-refractivity contribution in [3.8, 4) is 23.3 Å². The minimum atomic E-state index is 0.196. The number of hydrogen-bond acceptors (Lipinski definition) is 6. The van der Waals surface area contributed by atoms with Crippen molar-refractivity contribution in [3.63, 3.8) is 0 Å². The number of nitrogens with zero attached hydrogens (tertiary/aromatic N) is 5. The monoisotopic (exact) mass is 473 g/mol. The van der Waals surface area contributed by atoms with Crippen LogP contribution in [0.25, 0.3) is 16.9 Å². The van der Waals surface area contributed by atoms with Crippen LogP contribution in [0.3, 0.4) is 0 Å². The Morgan fingerprint density at radius 3 is 2.60 bits per heavy atom. The number of rotatable bonds is 7. The molecule has 7 heteroatoms. The zero-order valence-electron chi connectivity index (χ0n) is 20.4. The van der Waals surface area contributed by atoms with Crippen LogP contribution in [0.1, 0.15) is 68.4 Å². The first-order valence-corrected chi connectivity index (χ1v) is 13.1. The molecule has 0 radical (unpaired) electrons. The van der Waals surface area contributed by atoms with Gasteiger partial charge in [0.25, 0.3) is 0 Å². The molecule has 2 aromatic heterocycles. The summed E-state index contributed by atoms with van der Waals surface area (Å²) in [5.74, 6) is 0.829. The number of nitriles is 1. The van der Waals surface area contributed by atoms with Gasteiger partial charge in [0.1, 0.15) is 5.65 Å². The molecule has 1 N–H and O–H groups in total. The second-order valence-electron chi connectivity index (χ2n) is 10.00. The lowest BCUT2D eigenvalue weighted by atomic mass is 9.89. The third-order valence-corrected chi connectivity index (χ3v) is 7.57. The van der Waals surface area contributed by atoms with E-state index >= 15 is 0 Å². The summed E-state index contributed by atoms with van der Waals surface area (Å²) in [7, 11) is 0. The first-order chi connectivity index (χ1) is 17.3. The molecule has 0 amide bonds. The van der Waals surface area contributed by atoms with Crippen LogP contribution in [-0.4, -0.2) is 57.2 Å². The third kappa shape index (κ3) is 5.34. The Morgan fingerprint density at radius 2 is 1.86 bits per heavy atom. The van der Waals surface area contributed by atoms with E-state index in [1.165, 1.54) is 31.2 Å². The Balaban J connectivity index is 1.50. The highest BCUT2D eigenvalue weighted by molar-refractivity contribution is 5.72. The zero-order chi connectivity index (χ0) is 24.0. The molecule has 1 aromatic carbocycles. The summed E-state index contributed by atoms with van der Waals surface area (Å²) in [6.45, 7) is 3.49. The highest BCUT2D eigenvalue weighted by Gasteiger charge is 2.26. The van der Waals surface area contributed by atoms with Crippen molar-refractivity contribution in [2.24, 2.45) is 5.92 Å². The van der Waals surface area contributed by atoms with Crippen molar-refractivity contribution in [2.75, 3.05) is 32.8 Å². The van der Waals surface area contributed by atoms with E-state index < -0.39 is 0 Å². The van der Waals surface area contributed by atoms with Gasteiger partial charge in [-0.15, -0.1) is 0 Å². The minimum absolute atomic E-state index is 0.196. The Kier molecular flexibility index (Phi) is 7.60. The van der Waals surface area contributed by atoms with Gasteiger partial charge in [0, 0.05) is 42.5 Å². The highest BCUT2D eigenvalue weighted by Crippen LogP contribution is 2.40. The predicted octanol–water partition coefficient (Wildman–Crippen LogP) is 4.79. The maximum atomic E-state index is 9.32. The van der Waals surface area contributed by atoms with Crippen molar-refractivity contribution in [1.29, 1.82) is 5.26 Å². The molecule has 35 heavy (non-hydrogen) atoms. The number of aliphatic hydroxyl groups is 1. The number of benzene rings is 1. The van der Waals surface area contributed by atoms with Crippen LogP contribution in [0.2, 0.25) is 0 Å². The first-order valence-electron chi connectivity index (χ1n) is 13.1. The van der Waals surface area contributed by atoms with Crippen LogP contribution in [-0.2, 0) is 0 Å². The molecule has 1 aliphatic carbocycles. The summed E-state index contributed by atoms with van der Waals surface area (Å²) in [4.78, 5) is 12.2. The SMILES string of the molecule is N#Cc1ccc(-c2nc(OCC3CCCN(CCO)C3)n3ccnc3c2C2CCCCCC2)cc1. The summed E-state index contributed by atoms with van der Waals surface area (Å²) < 4.78 is 8.40. The van der Waals surface area contributed by atoms with Crippen molar-refractivity contribution >= 4 is 5.65 Å². The van der Waals surface area contributed by atoms with Gasteiger partial charge < -0.3 is 14.7 Å². The second-order valence-corrected chi connectivity index (χ2v) is 10.00. The zero-order valence-corrected chi connectivity index (χ0v) is 20.4. The van der Waals surface area contributed by atoms with E-state index in [9.17, 15) is 10.4 Å². The van der Waals surface area contributed by atoms with Crippen molar-refractivity contribution < 1.29 is 9.84 Å². The van der Waals surface area contributed by atoms with E-state index in [0.717, 1.165) is 62.2 Å². The fourth-order valence-electron chi connectivity index (χ4n) is 5.77. The summed E-state index contributed by atoms with van der Waals surface area (Å²) in [5, 5.41) is 18.6. The lowest BCUT2D eigenvalue weighted by molar-refractivity contribution is 0.107. The normalized spacial score (nSPS) is 19.9. The number of likely N-dealkylation sites (tertiary alicyclic amines) is 1. The summed E-state index contributed by atoms with van der Waals surface area (Å²) in [6, 6.07) is 10.5. The van der Waals surface area contributed by atoms with E-state index in [4.69, 9.17) is 14.7 Å². The van der Waals surface area contributed by atoms with Gasteiger partial charge in [-0.2, -0.15) is 10.2 Å². The molecule has 3 aromatic rings. The van der Waals surface area contributed by atoms with Crippen LogP contribution in [0.5, 0.6) is 6.01 Å². The van der Waals surface area contributed by atoms with Gasteiger partial charge in [0.15, 0.2) is 0 Å². The van der Waals surface area contributed by atoms with Gasteiger partial charge in [0.2, 0.25) is 0 Å². The van der Waals surface area contributed by atoms with Crippen LogP contribution in [0, 0.1) is 17.2 Å². The quantitative estimate of drug-likeness (QED) is 0.497. The van der Waals surface area contributed by atoms with Crippen LogP contribution >= 0.6 is 0 Å². The van der Waals surface area contributed by atoms with Gasteiger partial charge >= 0.3 is 6.01 Å². The fraction of sp³-hybridized carbons (Fsp3) is 0.536. The topological polar surface area (TPSA) is 86.7 Å². The minimum Gasteiger partial charge on any atom is -0.464 e. The molecule has 3 heterocycles. The molecule has 0 spiro atoms. The molecule has 2 fully saturated rings. The molecule has 1 saturated carbocycles. The van der Waals surface area contributed by atoms with Crippen LogP contribution in [0.4, 0.5) is 0 Å². The maximum Gasteiger partial charge on any atom is 0.302 e. The maximum absolute atomic E-state index is 9.32. The largest absolute Gasteiger partial charge is 0.464 e. The lowest BCUT2D eigenvalue weighted by Crippen LogP contribution is -2.39. The summed E-state index contributed by atoms with van der Waals surface area (Å²) >= 11 is 0. The third-order valence-electron chi connectivity index (χ3n) is 7.57. The summed E-state index contributed by atoms with van der Waals surface area (Å²) in [6.07, 6.45) is 13.4. The molecule has 5 rings (SSSR count). The molecule has 184 valence electrons. The van der Waals surface area contributed by atoms with Gasteiger partial charge in [-0.1, -0.05) is 37.8 Å². The number of piperidine rings is 1. The van der Waals surface area contributed by atoms with E-state index in [0.29, 0.717) is 30.0 Å². The van der Waals surface area contributed by atoms with E-state index in [2.05, 4.69) is 11.0 Å². The van der Waals surface area contributed by atoms with Gasteiger partial charge in [-0.3, -0.25) is 4.40 Å². The molecular formula is C28H35N5O2. The Bertz CT molecular complexity index is 1160. The number of aromatic nitrogens is 3. The smallest absolute Gasteiger partial charge is 0.302 e. The fourth-order valence-corrected chi connectivity index (χ4v) is 5.77. The number of ether oxygens (including phenoxy) is 1. The Labute approximate surface area is 207 Å². The number of imidazole rings is 1. The molecule has 1 saturated heterocycles. The molecule has 7 nitrogen and oxygen atoms in total. The molecule has 1 atom stereocenters. The molecule has 2 aliphatic rings. The number of β-amino-alcohol motifs (C(OH)–C–C–N with tert-alkyl or cyclic N) is 1. The van der Waals surface area contributed by atoms with Crippen LogP contribution in [0.15, 0.2) is 36.7 Å². The van der Waals surface area contributed by atoms with Crippen LogP contribution < -0.4 is 4.74 Å². The Morgan fingerprint density at radius 1 is 1.06 bits per heavy atom. The Hall–Kier alpha value is -2.95. The van der Waals surface area contributed by atoms with E-state index in [-0.39, 0.29) is 6.61 Å². The van der Waals surface area contributed by atoms with Crippen molar-refractivity contribution in [2.45, 2.75) is 57.3 Å². The van der Waals surface area contributed by atoms with E-state index in [1.54, 1.807) is 0 Å². The molecule has 1 unspecified atom stereocenters. The average molecular weight is 474 g/mol. The summed E-state index contributed by atoms with van der Waals surface area (Å²) in [5.41, 5.74) is 4.73. The van der Waals surface area contributed by atoms with Gasteiger partial charge in [0.05, 0.1) is 30.5 Å². The number of hydrogen-bond donors (Lipinski definition) is 1. The molecule has 1 aliphatic heterocycles. The van der Waals surface area contributed by atoms with Gasteiger partial charge in [-0.05, 0) is 50.3 Å². The van der Waals surface area contributed by atoms with Crippen molar-refractivity contribution in [1.82, 2.24) is 19.3 Å². The number of fused-ring (bicyclic) bond motifs is 1. The van der Waals surface area contributed by atoms with Crippen molar-refractivity contribution in [3.05, 3.63) is 47.8 Å². The standard InChI is InChI=1S/C28H35N5O2/c29-18-21-9-11-24(12-10-21)26-25(23-7-3-1-2-4-8-23)27-30-13-15-33(27)28(31-26)35-20-22-6-5-14-32(19-22)16-17-34/h9-13,15,22-23,34H,1-8,14,16-17,19-20H2. The van der Waals surface area contributed by atoms with E-state index in [1.807, 2.05) is 41.1 Å². The predicted molar refractivity (Wildman–Crippen MR) is 135 cm³/mol. The average Bonchev–Trinajstić information content (AvgIpc) is 3.23. The highest BCUT2D eigenvalue weighted by atomic mass is 16.5. The molecular weight excluding hydrogens is 438 g/mol.